The first-order valence-electron chi connectivity index (χ1n) is 5.31. The van der Waals surface area contributed by atoms with E-state index in [9.17, 15) is 4.79 Å². The van der Waals surface area contributed by atoms with Gasteiger partial charge in [0.25, 0.3) is 0 Å². The SMILES string of the molecule is CCOC(=O)c1nnc(C2(C)CCCS2)o1. The molecule has 88 valence electrons. The van der Waals surface area contributed by atoms with E-state index in [-0.39, 0.29) is 10.6 Å². The van der Waals surface area contributed by atoms with E-state index in [1.807, 2.05) is 0 Å². The van der Waals surface area contributed by atoms with Crippen molar-refractivity contribution in [2.24, 2.45) is 0 Å². The lowest BCUT2D eigenvalue weighted by atomic mass is 10.1. The van der Waals surface area contributed by atoms with Crippen LogP contribution >= 0.6 is 11.8 Å². The van der Waals surface area contributed by atoms with Gasteiger partial charge in [0.1, 0.15) is 0 Å². The van der Waals surface area contributed by atoms with Crippen molar-refractivity contribution in [3.63, 3.8) is 0 Å². The topological polar surface area (TPSA) is 65.2 Å². The largest absolute Gasteiger partial charge is 0.459 e. The van der Waals surface area contributed by atoms with Crippen molar-refractivity contribution >= 4 is 17.7 Å². The van der Waals surface area contributed by atoms with Crippen molar-refractivity contribution in [3.8, 4) is 0 Å². The molecule has 0 saturated carbocycles. The van der Waals surface area contributed by atoms with Crippen molar-refractivity contribution in [1.29, 1.82) is 0 Å². The summed E-state index contributed by atoms with van der Waals surface area (Å²) in [6.07, 6.45) is 2.14. The Labute approximate surface area is 97.9 Å². The highest BCUT2D eigenvalue weighted by atomic mass is 32.2. The third-order valence-electron chi connectivity index (χ3n) is 2.55. The molecule has 1 aliphatic rings. The average molecular weight is 242 g/mol. The minimum atomic E-state index is -0.548. The third-order valence-corrected chi connectivity index (χ3v) is 4.05. The first-order chi connectivity index (χ1) is 7.65. The van der Waals surface area contributed by atoms with Crippen molar-refractivity contribution in [3.05, 3.63) is 11.8 Å². The van der Waals surface area contributed by atoms with E-state index < -0.39 is 5.97 Å². The standard InChI is InChI=1S/C10H14N2O3S/c1-3-14-8(13)7-11-12-9(15-7)10(2)5-4-6-16-10/h3-6H2,1-2H3. The molecule has 1 aromatic heterocycles. The van der Waals surface area contributed by atoms with Crippen LogP contribution in [0.3, 0.4) is 0 Å². The van der Waals surface area contributed by atoms with Crippen LogP contribution in [0.5, 0.6) is 0 Å². The molecular formula is C10H14N2O3S. The normalized spacial score (nSPS) is 24.6. The molecule has 1 saturated heterocycles. The Bertz CT molecular complexity index is 385. The number of hydrogen-bond acceptors (Lipinski definition) is 6. The molecule has 0 amide bonds. The van der Waals surface area contributed by atoms with Gasteiger partial charge in [-0.2, -0.15) is 0 Å². The molecule has 6 heteroatoms. The van der Waals surface area contributed by atoms with Gasteiger partial charge in [-0.25, -0.2) is 4.79 Å². The molecule has 16 heavy (non-hydrogen) atoms. The Morgan fingerprint density at radius 3 is 3.06 bits per heavy atom. The fourth-order valence-electron chi connectivity index (χ4n) is 1.66. The number of thioether (sulfide) groups is 1. The Morgan fingerprint density at radius 2 is 2.44 bits per heavy atom. The molecule has 0 N–H and O–H groups in total. The van der Waals surface area contributed by atoms with Crippen LogP contribution in [0.25, 0.3) is 0 Å². The number of rotatable bonds is 3. The molecule has 0 radical (unpaired) electrons. The smallest absolute Gasteiger partial charge is 0.396 e. The minimum absolute atomic E-state index is 0.0504. The Kier molecular flexibility index (Phi) is 3.18. The second kappa shape index (κ2) is 4.45. The van der Waals surface area contributed by atoms with Crippen LogP contribution in [0.2, 0.25) is 0 Å². The van der Waals surface area contributed by atoms with Crippen LogP contribution in [0.15, 0.2) is 4.42 Å². The second-order valence-electron chi connectivity index (χ2n) is 3.82. The molecule has 2 rings (SSSR count). The summed E-state index contributed by atoms with van der Waals surface area (Å²) < 4.78 is 10.0. The van der Waals surface area contributed by atoms with E-state index >= 15 is 0 Å². The molecule has 1 fully saturated rings. The van der Waals surface area contributed by atoms with Crippen LogP contribution < -0.4 is 0 Å². The Hall–Kier alpha value is -1.04. The van der Waals surface area contributed by atoms with Gasteiger partial charge in [-0.3, -0.25) is 0 Å². The number of carbonyl (C=O) groups is 1. The second-order valence-corrected chi connectivity index (χ2v) is 5.41. The molecule has 1 atom stereocenters. The number of carbonyl (C=O) groups excluding carboxylic acids is 1. The van der Waals surface area contributed by atoms with E-state index in [4.69, 9.17) is 9.15 Å². The maximum Gasteiger partial charge on any atom is 0.396 e. The molecule has 0 spiro atoms. The number of nitrogens with zero attached hydrogens (tertiary/aromatic N) is 2. The first-order valence-corrected chi connectivity index (χ1v) is 6.29. The third kappa shape index (κ3) is 2.07. The zero-order valence-electron chi connectivity index (χ0n) is 9.36. The van der Waals surface area contributed by atoms with Crippen LogP contribution in [0.4, 0.5) is 0 Å². The molecule has 0 bridgehead atoms. The summed E-state index contributed by atoms with van der Waals surface area (Å²) in [6, 6.07) is 0. The number of esters is 1. The lowest BCUT2D eigenvalue weighted by Gasteiger charge is -2.16. The molecule has 0 aromatic carbocycles. The highest BCUT2D eigenvalue weighted by Gasteiger charge is 2.37. The maximum absolute atomic E-state index is 11.4. The maximum atomic E-state index is 11.4. The summed E-state index contributed by atoms with van der Waals surface area (Å²) >= 11 is 1.79. The number of ether oxygens (including phenoxy) is 1. The van der Waals surface area contributed by atoms with Gasteiger partial charge in [-0.05, 0) is 32.4 Å². The molecule has 5 nitrogen and oxygen atoms in total. The molecule has 1 aliphatic heterocycles. The van der Waals surface area contributed by atoms with Crippen LogP contribution in [-0.2, 0) is 9.48 Å². The quantitative estimate of drug-likeness (QED) is 0.755. The summed E-state index contributed by atoms with van der Waals surface area (Å²) in [6.45, 7) is 4.11. The van der Waals surface area contributed by atoms with Gasteiger partial charge < -0.3 is 9.15 Å². The van der Waals surface area contributed by atoms with Crippen molar-refractivity contribution in [2.45, 2.75) is 31.4 Å². The zero-order valence-corrected chi connectivity index (χ0v) is 10.2. The van der Waals surface area contributed by atoms with E-state index in [1.54, 1.807) is 18.7 Å². The van der Waals surface area contributed by atoms with E-state index in [0.29, 0.717) is 12.5 Å². The van der Waals surface area contributed by atoms with Crippen molar-refractivity contribution in [1.82, 2.24) is 10.2 Å². The highest BCUT2D eigenvalue weighted by molar-refractivity contribution is 8.00. The lowest BCUT2D eigenvalue weighted by Crippen LogP contribution is -2.13. The molecule has 2 heterocycles. The van der Waals surface area contributed by atoms with E-state index in [0.717, 1.165) is 18.6 Å². The fraction of sp³-hybridized carbons (Fsp3) is 0.700. The summed E-state index contributed by atoms with van der Waals surface area (Å²) in [4.78, 5) is 11.4. The molecule has 1 unspecified atom stereocenters. The van der Waals surface area contributed by atoms with Gasteiger partial charge in [0.2, 0.25) is 5.89 Å². The highest BCUT2D eigenvalue weighted by Crippen LogP contribution is 2.45. The average Bonchev–Trinajstić information content (AvgIpc) is 2.86. The fourth-order valence-corrected chi connectivity index (χ4v) is 2.89. The summed E-state index contributed by atoms with van der Waals surface area (Å²) in [5, 5.41) is 7.65. The summed E-state index contributed by atoms with van der Waals surface area (Å²) in [5.41, 5.74) is 0. The van der Waals surface area contributed by atoms with Crippen molar-refractivity contribution in [2.75, 3.05) is 12.4 Å². The van der Waals surface area contributed by atoms with Crippen LogP contribution in [0.1, 0.15) is 43.3 Å². The summed E-state index contributed by atoms with van der Waals surface area (Å²) in [7, 11) is 0. The predicted molar refractivity (Wildman–Crippen MR) is 59.3 cm³/mol. The number of aromatic nitrogens is 2. The minimum Gasteiger partial charge on any atom is -0.459 e. The van der Waals surface area contributed by atoms with Gasteiger partial charge in [0.15, 0.2) is 0 Å². The lowest BCUT2D eigenvalue weighted by molar-refractivity contribution is 0.0478. The van der Waals surface area contributed by atoms with E-state index in [2.05, 4.69) is 17.1 Å². The van der Waals surface area contributed by atoms with Crippen LogP contribution in [-0.4, -0.2) is 28.5 Å². The van der Waals surface area contributed by atoms with E-state index in [1.165, 1.54) is 0 Å². The molecule has 0 aliphatic carbocycles. The monoisotopic (exact) mass is 242 g/mol. The molecular weight excluding hydrogens is 228 g/mol. The van der Waals surface area contributed by atoms with Gasteiger partial charge in [0, 0.05) is 0 Å². The predicted octanol–water partition coefficient (Wildman–Crippen LogP) is 1.99. The summed E-state index contributed by atoms with van der Waals surface area (Å²) in [5.74, 6) is 1.02. The van der Waals surface area contributed by atoms with Gasteiger partial charge in [-0.15, -0.1) is 22.0 Å². The zero-order chi connectivity index (χ0) is 11.6. The van der Waals surface area contributed by atoms with Crippen LogP contribution in [0, 0.1) is 0 Å². The molecule has 1 aromatic rings. The van der Waals surface area contributed by atoms with Gasteiger partial charge in [-0.1, -0.05) is 0 Å². The van der Waals surface area contributed by atoms with Gasteiger partial charge in [0.05, 0.1) is 11.4 Å². The first kappa shape index (κ1) is 11.4. The number of hydrogen-bond donors (Lipinski definition) is 0. The Balaban J connectivity index is 2.16. The Morgan fingerprint density at radius 1 is 1.62 bits per heavy atom. The van der Waals surface area contributed by atoms with Gasteiger partial charge >= 0.3 is 11.9 Å². The van der Waals surface area contributed by atoms with Crippen molar-refractivity contribution < 1.29 is 13.9 Å².